The summed E-state index contributed by atoms with van der Waals surface area (Å²) in [5.41, 5.74) is 0.593. The van der Waals surface area contributed by atoms with Crippen LogP contribution in [0, 0.1) is 11.6 Å². The van der Waals surface area contributed by atoms with E-state index in [-0.39, 0.29) is 31.4 Å². The number of aliphatic hydroxyl groups is 2. The van der Waals surface area contributed by atoms with Crippen LogP contribution in [0.15, 0.2) is 42.5 Å². The molecule has 0 bridgehead atoms. The van der Waals surface area contributed by atoms with Crippen molar-refractivity contribution < 1.29 is 33.3 Å². The first kappa shape index (κ1) is 32.6. The highest BCUT2D eigenvalue weighted by Gasteiger charge is 2.40. The minimum atomic E-state index is -0.909. The Labute approximate surface area is 231 Å². The normalized spacial score (nSPS) is 11.5. The molecule has 2 aromatic rings. The zero-order valence-corrected chi connectivity index (χ0v) is 23.0. The monoisotopic (exact) mass is 546 g/mol. The average Bonchev–Trinajstić information content (AvgIpc) is 2.95. The quantitative estimate of drug-likeness (QED) is 0.0995. The molecule has 5 nitrogen and oxygen atoms in total. The van der Waals surface area contributed by atoms with Crippen molar-refractivity contribution in [3.05, 3.63) is 59.7 Å². The molecule has 0 saturated carbocycles. The van der Waals surface area contributed by atoms with Gasteiger partial charge in [-0.3, -0.25) is 4.79 Å². The zero-order valence-electron chi connectivity index (χ0n) is 23.0. The fourth-order valence-corrected chi connectivity index (χ4v) is 5.03. The number of esters is 1. The summed E-state index contributed by atoms with van der Waals surface area (Å²) in [7, 11) is 0. The molecule has 7 heteroatoms. The predicted molar refractivity (Wildman–Crippen MR) is 149 cm³/mol. The van der Waals surface area contributed by atoms with Gasteiger partial charge in [0.05, 0.1) is 12.0 Å². The highest BCUT2D eigenvalue weighted by atomic mass is 19.2. The van der Waals surface area contributed by atoms with Crippen LogP contribution in [-0.2, 0) is 19.7 Å². The highest BCUT2D eigenvalue weighted by Crippen LogP contribution is 2.39. The molecule has 0 amide bonds. The number of hydrogen-bond acceptors (Lipinski definition) is 5. The Morgan fingerprint density at radius 2 is 1.36 bits per heavy atom. The lowest BCUT2D eigenvalue weighted by Gasteiger charge is -2.33. The van der Waals surface area contributed by atoms with E-state index in [0.29, 0.717) is 44.1 Å². The van der Waals surface area contributed by atoms with Crippen molar-refractivity contribution >= 4 is 12.3 Å². The molecule has 0 heterocycles. The van der Waals surface area contributed by atoms with Gasteiger partial charge in [0.25, 0.3) is 0 Å². The molecule has 0 unspecified atom stereocenters. The number of aliphatic hydroxyl groups excluding tert-OH is 2. The number of carbonyl (C=O) groups excluding carboxylic acids is 2. The summed E-state index contributed by atoms with van der Waals surface area (Å²) in [6.45, 7) is 0.557. The molecule has 0 aromatic heterocycles. The van der Waals surface area contributed by atoms with E-state index in [1.54, 1.807) is 12.1 Å². The Kier molecular flexibility index (Phi) is 15.5. The van der Waals surface area contributed by atoms with Crippen molar-refractivity contribution in [2.45, 2.75) is 95.3 Å². The molecular formula is C32H44F2O5. The first-order valence-corrected chi connectivity index (χ1v) is 14.4. The van der Waals surface area contributed by atoms with Crippen molar-refractivity contribution in [3.63, 3.8) is 0 Å². The van der Waals surface area contributed by atoms with Crippen molar-refractivity contribution in [1.82, 2.24) is 0 Å². The molecule has 0 aliphatic carbocycles. The zero-order chi connectivity index (χ0) is 28.3. The Morgan fingerprint density at radius 1 is 0.769 bits per heavy atom. The Bertz CT molecular complexity index is 963. The van der Waals surface area contributed by atoms with E-state index in [1.807, 2.05) is 12.1 Å². The lowest BCUT2D eigenvalue weighted by atomic mass is 9.72. The lowest BCUT2D eigenvalue weighted by Crippen LogP contribution is -2.38. The molecule has 2 rings (SSSR count). The predicted octanol–water partition coefficient (Wildman–Crippen LogP) is 7.06. The van der Waals surface area contributed by atoms with Crippen LogP contribution < -0.4 is 0 Å². The molecule has 0 fully saturated rings. The van der Waals surface area contributed by atoms with Crippen molar-refractivity contribution in [2.24, 2.45) is 0 Å². The van der Waals surface area contributed by atoms with E-state index in [2.05, 4.69) is 0 Å². The highest BCUT2D eigenvalue weighted by molar-refractivity contribution is 5.83. The van der Waals surface area contributed by atoms with E-state index in [1.165, 1.54) is 12.1 Å². The first-order chi connectivity index (χ1) is 19.0. The van der Waals surface area contributed by atoms with Gasteiger partial charge in [0.1, 0.15) is 6.29 Å². The molecule has 0 aliphatic heterocycles. The first-order valence-electron chi connectivity index (χ1n) is 14.4. The number of rotatable bonds is 21. The van der Waals surface area contributed by atoms with Gasteiger partial charge in [0, 0.05) is 25.2 Å². The summed E-state index contributed by atoms with van der Waals surface area (Å²) < 4.78 is 34.1. The SMILES string of the molecule is O=CCCCCCOC(=O)C(CCCCCCO)(CCCCCCO)c1ccc(-c2cccc(F)c2F)cc1. The second-order valence-corrected chi connectivity index (χ2v) is 10.2. The molecule has 0 aliphatic rings. The van der Waals surface area contributed by atoms with Crippen LogP contribution in [-0.4, -0.2) is 42.3 Å². The lowest BCUT2D eigenvalue weighted by molar-refractivity contribution is -0.151. The van der Waals surface area contributed by atoms with Crippen LogP contribution >= 0.6 is 0 Å². The molecule has 216 valence electrons. The van der Waals surface area contributed by atoms with Crippen molar-refractivity contribution in [1.29, 1.82) is 0 Å². The average molecular weight is 547 g/mol. The smallest absolute Gasteiger partial charge is 0.316 e. The van der Waals surface area contributed by atoms with Gasteiger partial charge in [-0.25, -0.2) is 8.78 Å². The maximum atomic E-state index is 14.4. The molecule has 39 heavy (non-hydrogen) atoms. The van der Waals surface area contributed by atoms with Gasteiger partial charge in [-0.1, -0.05) is 74.9 Å². The maximum Gasteiger partial charge on any atom is 0.316 e. The third-order valence-electron chi connectivity index (χ3n) is 7.31. The van der Waals surface area contributed by atoms with Gasteiger partial charge in [0.15, 0.2) is 11.6 Å². The molecule has 0 saturated heterocycles. The van der Waals surface area contributed by atoms with Crippen LogP contribution in [0.5, 0.6) is 0 Å². The Morgan fingerprint density at radius 3 is 1.95 bits per heavy atom. The second kappa shape index (κ2) is 18.6. The Balaban J connectivity index is 2.32. The van der Waals surface area contributed by atoms with Gasteiger partial charge in [0.2, 0.25) is 0 Å². The van der Waals surface area contributed by atoms with Gasteiger partial charge >= 0.3 is 5.97 Å². The van der Waals surface area contributed by atoms with Crippen molar-refractivity contribution in [2.75, 3.05) is 19.8 Å². The van der Waals surface area contributed by atoms with Crippen LogP contribution in [0.4, 0.5) is 8.78 Å². The van der Waals surface area contributed by atoms with Gasteiger partial charge < -0.3 is 19.7 Å². The number of ether oxygens (including phenoxy) is 1. The molecule has 0 atom stereocenters. The largest absolute Gasteiger partial charge is 0.465 e. The van der Waals surface area contributed by atoms with Crippen LogP contribution in [0.2, 0.25) is 0 Å². The van der Waals surface area contributed by atoms with Crippen LogP contribution in [0.25, 0.3) is 11.1 Å². The molecule has 2 N–H and O–H groups in total. The summed E-state index contributed by atoms with van der Waals surface area (Å²) in [5, 5.41) is 18.3. The summed E-state index contributed by atoms with van der Waals surface area (Å²) in [4.78, 5) is 24.3. The third-order valence-corrected chi connectivity index (χ3v) is 7.31. The minimum Gasteiger partial charge on any atom is -0.465 e. The van der Waals surface area contributed by atoms with E-state index in [9.17, 15) is 18.4 Å². The molecular weight excluding hydrogens is 502 g/mol. The molecule has 2 aromatic carbocycles. The fourth-order valence-electron chi connectivity index (χ4n) is 5.03. The Hall–Kier alpha value is -2.64. The fraction of sp³-hybridized carbons (Fsp3) is 0.562. The van der Waals surface area contributed by atoms with Gasteiger partial charge in [-0.05, 0) is 62.1 Å². The number of aldehydes is 1. The van der Waals surface area contributed by atoms with Crippen LogP contribution in [0.1, 0.15) is 95.5 Å². The number of hydrogen-bond donors (Lipinski definition) is 2. The summed E-state index contributed by atoms with van der Waals surface area (Å²) >= 11 is 0. The minimum absolute atomic E-state index is 0.139. The second-order valence-electron chi connectivity index (χ2n) is 10.2. The summed E-state index contributed by atoms with van der Waals surface area (Å²) in [6.07, 6.45) is 11.3. The maximum absolute atomic E-state index is 14.4. The summed E-state index contributed by atoms with van der Waals surface area (Å²) in [6, 6.07) is 11.2. The number of carbonyl (C=O) groups is 2. The number of benzene rings is 2. The van der Waals surface area contributed by atoms with E-state index >= 15 is 0 Å². The molecule has 0 radical (unpaired) electrons. The number of unbranched alkanes of at least 4 members (excludes halogenated alkanes) is 9. The van der Waals surface area contributed by atoms with Crippen molar-refractivity contribution in [3.8, 4) is 11.1 Å². The topological polar surface area (TPSA) is 83.8 Å². The van der Waals surface area contributed by atoms with Gasteiger partial charge in [-0.2, -0.15) is 0 Å². The molecule has 0 spiro atoms. The van der Waals surface area contributed by atoms with Crippen LogP contribution in [0.3, 0.4) is 0 Å². The van der Waals surface area contributed by atoms with E-state index in [4.69, 9.17) is 14.9 Å². The third kappa shape index (κ3) is 10.5. The standard InChI is InChI=1S/C32H44F2O5/c33-29-15-13-14-28(30(29)34)26-16-18-27(19-17-26)32(20-7-1-3-9-22-35,21-8-2-4-10-23-36)31(38)39-25-12-6-5-11-24-37/h13-19,24,35-36H,1-12,20-23,25H2. The van der Waals surface area contributed by atoms with Gasteiger partial charge in [-0.15, -0.1) is 0 Å². The van der Waals surface area contributed by atoms with E-state index < -0.39 is 17.0 Å². The van der Waals surface area contributed by atoms with E-state index in [0.717, 1.165) is 69.3 Å². The number of halogens is 2. The summed E-state index contributed by atoms with van der Waals surface area (Å²) in [5.74, 6) is -2.10.